The SMILES string of the molecule is CC(C)(C)C(=O)OCC12CC3CC(CC(C3)C1)C2. The first-order valence-corrected chi connectivity index (χ1v) is 7.54. The molecule has 0 aromatic heterocycles. The summed E-state index contributed by atoms with van der Waals surface area (Å²) in [4.78, 5) is 11.9. The molecule has 0 spiro atoms. The average Bonchev–Trinajstić information content (AvgIpc) is 2.22. The van der Waals surface area contributed by atoms with Crippen molar-refractivity contribution in [3.63, 3.8) is 0 Å². The molecule has 0 aromatic rings. The number of carbonyl (C=O) groups excluding carboxylic acids is 1. The highest BCUT2D eigenvalue weighted by molar-refractivity contribution is 5.75. The molecule has 2 heteroatoms. The minimum atomic E-state index is -0.359. The molecule has 0 N–H and O–H groups in total. The van der Waals surface area contributed by atoms with E-state index in [0.717, 1.165) is 17.8 Å². The van der Waals surface area contributed by atoms with Crippen molar-refractivity contribution < 1.29 is 9.53 Å². The van der Waals surface area contributed by atoms with E-state index in [4.69, 9.17) is 4.74 Å². The number of ether oxygens (including phenoxy) is 1. The summed E-state index contributed by atoms with van der Waals surface area (Å²) in [5.41, 5.74) is -0.00203. The van der Waals surface area contributed by atoms with Gasteiger partial charge < -0.3 is 4.74 Å². The minimum absolute atomic E-state index is 0.0294. The van der Waals surface area contributed by atoms with E-state index in [1.807, 2.05) is 20.8 Å². The zero-order valence-electron chi connectivity index (χ0n) is 12.0. The fourth-order valence-corrected chi connectivity index (χ4v) is 4.90. The van der Waals surface area contributed by atoms with Gasteiger partial charge in [-0.3, -0.25) is 4.79 Å². The van der Waals surface area contributed by atoms with E-state index in [9.17, 15) is 4.79 Å². The number of carbonyl (C=O) groups is 1. The van der Waals surface area contributed by atoms with Crippen LogP contribution in [0.3, 0.4) is 0 Å². The first kappa shape index (κ1) is 12.5. The lowest BCUT2D eigenvalue weighted by Gasteiger charge is -2.56. The van der Waals surface area contributed by atoms with Gasteiger partial charge in [-0.2, -0.15) is 0 Å². The van der Waals surface area contributed by atoms with Crippen molar-refractivity contribution >= 4 is 5.97 Å². The third-order valence-electron chi connectivity index (χ3n) is 5.29. The molecule has 0 radical (unpaired) electrons. The summed E-state index contributed by atoms with van der Waals surface area (Å²) in [6.07, 6.45) is 8.30. The number of esters is 1. The molecular formula is C16H26O2. The predicted molar refractivity (Wildman–Crippen MR) is 71.0 cm³/mol. The summed E-state index contributed by atoms with van der Waals surface area (Å²) < 4.78 is 5.65. The lowest BCUT2D eigenvalue weighted by molar-refractivity contribution is -0.164. The van der Waals surface area contributed by atoms with E-state index in [0.29, 0.717) is 12.0 Å². The molecule has 0 amide bonds. The molecule has 2 nitrogen and oxygen atoms in total. The van der Waals surface area contributed by atoms with Crippen LogP contribution in [0.2, 0.25) is 0 Å². The third kappa shape index (κ3) is 2.19. The second kappa shape index (κ2) is 3.98. The number of rotatable bonds is 2. The predicted octanol–water partition coefficient (Wildman–Crippen LogP) is 3.79. The van der Waals surface area contributed by atoms with Crippen molar-refractivity contribution in [3.8, 4) is 0 Å². The molecule has 4 aliphatic rings. The van der Waals surface area contributed by atoms with Gasteiger partial charge >= 0.3 is 5.97 Å². The van der Waals surface area contributed by atoms with E-state index in [1.54, 1.807) is 0 Å². The van der Waals surface area contributed by atoms with Crippen LogP contribution in [-0.2, 0) is 9.53 Å². The van der Waals surface area contributed by atoms with Crippen molar-refractivity contribution in [2.45, 2.75) is 59.3 Å². The first-order chi connectivity index (χ1) is 8.36. The van der Waals surface area contributed by atoms with E-state index < -0.39 is 0 Å². The van der Waals surface area contributed by atoms with Crippen LogP contribution in [0.4, 0.5) is 0 Å². The van der Waals surface area contributed by atoms with Crippen LogP contribution in [0.1, 0.15) is 59.3 Å². The van der Waals surface area contributed by atoms with Crippen LogP contribution in [0.5, 0.6) is 0 Å². The molecule has 0 aromatic carbocycles. The standard InChI is InChI=1S/C16H26O2/c1-15(2,3)14(17)18-10-16-7-11-4-12(8-16)6-13(5-11)9-16/h11-13H,4-10H2,1-3H3. The van der Waals surface area contributed by atoms with Crippen LogP contribution in [0.25, 0.3) is 0 Å². The lowest BCUT2D eigenvalue weighted by atomic mass is 9.50. The van der Waals surface area contributed by atoms with Gasteiger partial charge in [0, 0.05) is 5.41 Å². The molecule has 0 heterocycles. The summed E-state index contributed by atoms with van der Waals surface area (Å²) in [6, 6.07) is 0. The lowest BCUT2D eigenvalue weighted by Crippen LogP contribution is -2.48. The van der Waals surface area contributed by atoms with Crippen molar-refractivity contribution in [2.75, 3.05) is 6.61 Å². The van der Waals surface area contributed by atoms with Gasteiger partial charge in [-0.05, 0) is 77.0 Å². The van der Waals surface area contributed by atoms with Crippen molar-refractivity contribution in [3.05, 3.63) is 0 Å². The van der Waals surface area contributed by atoms with E-state index in [2.05, 4.69) is 0 Å². The molecule has 102 valence electrons. The van der Waals surface area contributed by atoms with Gasteiger partial charge in [-0.15, -0.1) is 0 Å². The molecule has 4 bridgehead atoms. The zero-order valence-corrected chi connectivity index (χ0v) is 12.0. The second-order valence-corrected chi connectivity index (χ2v) is 8.24. The topological polar surface area (TPSA) is 26.3 Å². The number of hydrogen-bond donors (Lipinski definition) is 0. The van der Waals surface area contributed by atoms with Gasteiger partial charge in [0.05, 0.1) is 12.0 Å². The minimum Gasteiger partial charge on any atom is -0.465 e. The van der Waals surface area contributed by atoms with Crippen molar-refractivity contribution in [2.24, 2.45) is 28.6 Å². The van der Waals surface area contributed by atoms with Crippen LogP contribution in [0, 0.1) is 28.6 Å². The highest BCUT2D eigenvalue weighted by Gasteiger charge is 2.51. The normalized spacial score (nSPS) is 42.1. The third-order valence-corrected chi connectivity index (χ3v) is 5.29. The van der Waals surface area contributed by atoms with Gasteiger partial charge in [-0.1, -0.05) is 0 Å². The average molecular weight is 250 g/mol. The first-order valence-electron chi connectivity index (χ1n) is 7.54. The van der Waals surface area contributed by atoms with Crippen LogP contribution in [-0.4, -0.2) is 12.6 Å². The molecule has 4 fully saturated rings. The maximum absolute atomic E-state index is 11.9. The summed E-state index contributed by atoms with van der Waals surface area (Å²) in [6.45, 7) is 6.51. The Bertz CT molecular complexity index is 315. The summed E-state index contributed by atoms with van der Waals surface area (Å²) in [5, 5.41) is 0. The van der Waals surface area contributed by atoms with Crippen LogP contribution >= 0.6 is 0 Å². The van der Waals surface area contributed by atoms with Crippen molar-refractivity contribution in [1.82, 2.24) is 0 Å². The maximum atomic E-state index is 11.9. The molecular weight excluding hydrogens is 224 g/mol. The molecule has 18 heavy (non-hydrogen) atoms. The smallest absolute Gasteiger partial charge is 0.311 e. The van der Waals surface area contributed by atoms with Gasteiger partial charge in [0.25, 0.3) is 0 Å². The van der Waals surface area contributed by atoms with E-state index >= 15 is 0 Å². The molecule has 0 aliphatic heterocycles. The molecule has 0 atom stereocenters. The summed E-state index contributed by atoms with van der Waals surface area (Å²) >= 11 is 0. The van der Waals surface area contributed by atoms with Crippen LogP contribution < -0.4 is 0 Å². The van der Waals surface area contributed by atoms with Crippen LogP contribution in [0.15, 0.2) is 0 Å². The number of hydrogen-bond acceptors (Lipinski definition) is 2. The summed E-state index contributed by atoms with van der Waals surface area (Å²) in [7, 11) is 0. The van der Waals surface area contributed by atoms with E-state index in [-0.39, 0.29) is 11.4 Å². The maximum Gasteiger partial charge on any atom is 0.311 e. The quantitative estimate of drug-likeness (QED) is 0.697. The Kier molecular flexibility index (Phi) is 2.76. The molecule has 4 aliphatic carbocycles. The molecule has 0 unspecified atom stereocenters. The Hall–Kier alpha value is -0.530. The Balaban J connectivity index is 1.64. The Morgan fingerprint density at radius 3 is 1.89 bits per heavy atom. The molecule has 0 saturated heterocycles. The Morgan fingerprint density at radius 1 is 1.06 bits per heavy atom. The highest BCUT2D eigenvalue weighted by atomic mass is 16.5. The van der Waals surface area contributed by atoms with Gasteiger partial charge in [0.1, 0.15) is 0 Å². The Labute approximate surface area is 110 Å². The van der Waals surface area contributed by atoms with Gasteiger partial charge in [-0.25, -0.2) is 0 Å². The molecule has 4 rings (SSSR count). The van der Waals surface area contributed by atoms with Gasteiger partial charge in [0.2, 0.25) is 0 Å². The largest absolute Gasteiger partial charge is 0.465 e. The van der Waals surface area contributed by atoms with Gasteiger partial charge in [0.15, 0.2) is 0 Å². The monoisotopic (exact) mass is 250 g/mol. The fraction of sp³-hybridized carbons (Fsp3) is 0.938. The Morgan fingerprint density at radius 2 is 1.50 bits per heavy atom. The molecule has 4 saturated carbocycles. The zero-order chi connectivity index (χ0) is 13.0. The fourth-order valence-electron chi connectivity index (χ4n) is 4.90. The summed E-state index contributed by atoms with van der Waals surface area (Å²) in [5.74, 6) is 2.78. The van der Waals surface area contributed by atoms with Crippen molar-refractivity contribution in [1.29, 1.82) is 0 Å². The second-order valence-electron chi connectivity index (χ2n) is 8.24. The highest BCUT2D eigenvalue weighted by Crippen LogP contribution is 2.60. The van der Waals surface area contributed by atoms with E-state index in [1.165, 1.54) is 38.5 Å².